The SMILES string of the molecule is CC(C)=C1[C@H]2C=C[C@@H]1[C@H](C(=O)Nc1cccc(C)c1)[C@H]2C(=O)[O-]. The fourth-order valence-electron chi connectivity index (χ4n) is 3.98. The maximum atomic E-state index is 12.7. The number of hydrogen-bond acceptors (Lipinski definition) is 3. The van der Waals surface area contributed by atoms with Crippen LogP contribution in [0.2, 0.25) is 0 Å². The molecule has 0 aliphatic heterocycles. The number of fused-ring (bicyclic) bond motifs is 2. The van der Waals surface area contributed by atoms with Crippen LogP contribution in [0, 0.1) is 30.6 Å². The predicted octanol–water partition coefficient (Wildman–Crippen LogP) is 2.07. The van der Waals surface area contributed by atoms with E-state index in [0.29, 0.717) is 5.69 Å². The van der Waals surface area contributed by atoms with Gasteiger partial charge in [0.05, 0.1) is 5.92 Å². The lowest BCUT2D eigenvalue weighted by atomic mass is 9.82. The van der Waals surface area contributed by atoms with Crippen molar-refractivity contribution in [3.63, 3.8) is 0 Å². The Bertz CT molecular complexity index is 728. The number of allylic oxidation sites excluding steroid dienone is 4. The Morgan fingerprint density at radius 1 is 1.09 bits per heavy atom. The molecule has 0 aromatic heterocycles. The van der Waals surface area contributed by atoms with Crippen molar-refractivity contribution >= 4 is 17.6 Å². The largest absolute Gasteiger partial charge is 0.550 e. The van der Waals surface area contributed by atoms with Gasteiger partial charge in [-0.3, -0.25) is 4.79 Å². The third kappa shape index (κ3) is 2.58. The number of carboxylic acid groups (broad SMARTS) is 1. The van der Waals surface area contributed by atoms with Crippen molar-refractivity contribution < 1.29 is 14.7 Å². The zero-order valence-corrected chi connectivity index (χ0v) is 13.5. The standard InChI is InChI=1S/C19H21NO3/c1-10(2)15-13-7-8-14(15)17(19(22)23)16(13)18(21)20-12-6-4-5-11(3)9-12/h4-9,13-14,16-17H,1-3H3,(H,20,21)(H,22,23)/p-1/t13-,14+,16-,17-/m0/s1. The van der Waals surface area contributed by atoms with Crippen LogP contribution in [-0.4, -0.2) is 11.9 Å². The van der Waals surface area contributed by atoms with E-state index in [4.69, 9.17) is 0 Å². The predicted molar refractivity (Wildman–Crippen MR) is 86.3 cm³/mol. The van der Waals surface area contributed by atoms with Gasteiger partial charge in [-0.15, -0.1) is 0 Å². The van der Waals surface area contributed by atoms with Crippen LogP contribution in [0.5, 0.6) is 0 Å². The van der Waals surface area contributed by atoms with E-state index in [9.17, 15) is 14.7 Å². The number of rotatable bonds is 3. The molecule has 0 saturated heterocycles. The number of carboxylic acids is 1. The molecular weight excluding hydrogens is 290 g/mol. The molecule has 4 atom stereocenters. The maximum Gasteiger partial charge on any atom is 0.229 e. The van der Waals surface area contributed by atoms with Gasteiger partial charge in [0.1, 0.15) is 0 Å². The molecule has 3 rings (SSSR count). The third-order valence-corrected chi connectivity index (χ3v) is 4.84. The monoisotopic (exact) mass is 310 g/mol. The Labute approximate surface area is 135 Å². The highest BCUT2D eigenvalue weighted by molar-refractivity contribution is 5.97. The fourth-order valence-corrected chi connectivity index (χ4v) is 3.98. The molecule has 2 aliphatic rings. The molecule has 4 heteroatoms. The van der Waals surface area contributed by atoms with Crippen molar-refractivity contribution in [3.05, 3.63) is 53.1 Å². The maximum absolute atomic E-state index is 12.7. The minimum absolute atomic E-state index is 0.141. The van der Waals surface area contributed by atoms with Gasteiger partial charge in [-0.2, -0.15) is 0 Å². The Morgan fingerprint density at radius 3 is 2.30 bits per heavy atom. The van der Waals surface area contributed by atoms with Gasteiger partial charge >= 0.3 is 0 Å². The van der Waals surface area contributed by atoms with E-state index in [1.165, 1.54) is 0 Å². The van der Waals surface area contributed by atoms with Gasteiger partial charge in [0, 0.05) is 29.4 Å². The van der Waals surface area contributed by atoms with E-state index in [1.807, 2.05) is 57.2 Å². The van der Waals surface area contributed by atoms with Gasteiger partial charge in [-0.25, -0.2) is 0 Å². The summed E-state index contributed by atoms with van der Waals surface area (Å²) in [6, 6.07) is 7.49. The molecule has 120 valence electrons. The van der Waals surface area contributed by atoms with E-state index >= 15 is 0 Å². The Kier molecular flexibility index (Phi) is 3.84. The molecule has 1 aromatic rings. The molecule has 1 saturated carbocycles. The lowest BCUT2D eigenvalue weighted by Crippen LogP contribution is -2.42. The first-order chi connectivity index (χ1) is 10.9. The van der Waals surface area contributed by atoms with Crippen LogP contribution in [0.1, 0.15) is 19.4 Å². The second-order valence-electron chi connectivity index (χ2n) is 6.62. The summed E-state index contributed by atoms with van der Waals surface area (Å²) in [5, 5.41) is 14.5. The number of benzene rings is 1. The summed E-state index contributed by atoms with van der Waals surface area (Å²) in [4.78, 5) is 24.4. The molecule has 0 unspecified atom stereocenters. The smallest absolute Gasteiger partial charge is 0.229 e. The lowest BCUT2D eigenvalue weighted by molar-refractivity contribution is -0.313. The minimum Gasteiger partial charge on any atom is -0.550 e. The number of carbonyl (C=O) groups excluding carboxylic acids is 2. The van der Waals surface area contributed by atoms with E-state index in [-0.39, 0.29) is 17.7 Å². The van der Waals surface area contributed by atoms with Gasteiger partial charge in [-0.05, 0) is 38.5 Å². The Balaban J connectivity index is 1.91. The van der Waals surface area contributed by atoms with Gasteiger partial charge in [-0.1, -0.05) is 35.4 Å². The molecule has 23 heavy (non-hydrogen) atoms. The zero-order valence-electron chi connectivity index (χ0n) is 13.5. The first kappa shape index (κ1) is 15.5. The molecule has 1 fully saturated rings. The summed E-state index contributed by atoms with van der Waals surface area (Å²) in [7, 11) is 0. The Hall–Kier alpha value is -2.36. The number of anilines is 1. The molecule has 0 radical (unpaired) electrons. The number of hydrogen-bond donors (Lipinski definition) is 1. The van der Waals surface area contributed by atoms with Crippen LogP contribution in [-0.2, 0) is 9.59 Å². The second-order valence-corrected chi connectivity index (χ2v) is 6.62. The lowest BCUT2D eigenvalue weighted by Gasteiger charge is -2.27. The number of aryl methyl sites for hydroxylation is 1. The highest BCUT2D eigenvalue weighted by Crippen LogP contribution is 2.53. The summed E-state index contributed by atoms with van der Waals surface area (Å²) >= 11 is 0. The average Bonchev–Trinajstić information content (AvgIpc) is 3.02. The van der Waals surface area contributed by atoms with Crippen LogP contribution in [0.15, 0.2) is 47.6 Å². The van der Waals surface area contributed by atoms with Crippen molar-refractivity contribution in [1.82, 2.24) is 0 Å². The van der Waals surface area contributed by atoms with Crippen LogP contribution in [0.3, 0.4) is 0 Å². The topological polar surface area (TPSA) is 69.2 Å². The molecule has 1 N–H and O–H groups in total. The molecule has 1 amide bonds. The van der Waals surface area contributed by atoms with Gasteiger partial charge in [0.15, 0.2) is 0 Å². The minimum atomic E-state index is -1.15. The summed E-state index contributed by atoms with van der Waals surface area (Å²) < 4.78 is 0. The third-order valence-electron chi connectivity index (χ3n) is 4.84. The highest BCUT2D eigenvalue weighted by Gasteiger charge is 2.52. The fraction of sp³-hybridized carbons (Fsp3) is 0.368. The summed E-state index contributed by atoms with van der Waals surface area (Å²) in [6.07, 6.45) is 3.87. The van der Waals surface area contributed by atoms with Crippen molar-refractivity contribution in [2.75, 3.05) is 5.32 Å². The first-order valence-corrected chi connectivity index (χ1v) is 7.84. The van der Waals surface area contributed by atoms with Gasteiger partial charge in [0.2, 0.25) is 5.91 Å². The van der Waals surface area contributed by atoms with E-state index in [2.05, 4.69) is 5.32 Å². The molecule has 1 aromatic carbocycles. The second kappa shape index (κ2) is 5.69. The van der Waals surface area contributed by atoms with Crippen molar-refractivity contribution in [1.29, 1.82) is 0 Å². The van der Waals surface area contributed by atoms with Crippen molar-refractivity contribution in [3.8, 4) is 0 Å². The number of amides is 1. The van der Waals surface area contributed by atoms with E-state index in [1.54, 1.807) is 0 Å². The quantitative estimate of drug-likeness (QED) is 0.869. The number of carbonyl (C=O) groups is 2. The van der Waals surface area contributed by atoms with Crippen molar-refractivity contribution in [2.45, 2.75) is 20.8 Å². The zero-order chi connectivity index (χ0) is 16.7. The van der Waals surface area contributed by atoms with Crippen LogP contribution in [0.4, 0.5) is 5.69 Å². The molecular formula is C19H20NO3-. The number of aliphatic carboxylic acids is 1. The van der Waals surface area contributed by atoms with Crippen LogP contribution in [0.25, 0.3) is 0 Å². The van der Waals surface area contributed by atoms with Gasteiger partial charge in [0.25, 0.3) is 0 Å². The summed E-state index contributed by atoms with van der Waals surface area (Å²) in [5.74, 6) is -3.16. The van der Waals surface area contributed by atoms with Crippen LogP contribution >= 0.6 is 0 Å². The highest BCUT2D eigenvalue weighted by atomic mass is 16.4. The Morgan fingerprint density at radius 2 is 1.74 bits per heavy atom. The molecule has 4 nitrogen and oxygen atoms in total. The molecule has 2 bridgehead atoms. The normalized spacial score (nSPS) is 28.0. The molecule has 2 aliphatic carbocycles. The number of nitrogens with one attached hydrogen (secondary N) is 1. The summed E-state index contributed by atoms with van der Waals surface area (Å²) in [6.45, 7) is 5.88. The van der Waals surface area contributed by atoms with Gasteiger partial charge < -0.3 is 15.2 Å². The average molecular weight is 310 g/mol. The summed E-state index contributed by atoms with van der Waals surface area (Å²) in [5.41, 5.74) is 3.88. The van der Waals surface area contributed by atoms with Crippen LogP contribution < -0.4 is 10.4 Å². The van der Waals surface area contributed by atoms with E-state index in [0.717, 1.165) is 16.7 Å². The first-order valence-electron chi connectivity index (χ1n) is 7.84. The van der Waals surface area contributed by atoms with Crippen molar-refractivity contribution in [2.24, 2.45) is 23.7 Å². The molecule has 0 spiro atoms. The molecule has 0 heterocycles. The van der Waals surface area contributed by atoms with E-state index < -0.39 is 17.8 Å².